The summed E-state index contributed by atoms with van der Waals surface area (Å²) in [6, 6.07) is 7.95. The Morgan fingerprint density at radius 1 is 1.24 bits per heavy atom. The summed E-state index contributed by atoms with van der Waals surface area (Å²) < 4.78 is 3.16. The van der Waals surface area contributed by atoms with Crippen LogP contribution in [-0.2, 0) is 25.8 Å². The minimum absolute atomic E-state index is 0.0641. The highest BCUT2D eigenvalue weighted by Gasteiger charge is 2.16. The zero-order valence-electron chi connectivity index (χ0n) is 12.4. The van der Waals surface area contributed by atoms with Crippen LogP contribution in [0.2, 0.25) is 5.02 Å². The third-order valence-corrected chi connectivity index (χ3v) is 4.73. The lowest BCUT2D eigenvalue weighted by molar-refractivity contribution is 0.572. The van der Waals surface area contributed by atoms with Crippen LogP contribution in [0, 0.1) is 0 Å². The molecule has 0 aliphatic carbocycles. The van der Waals surface area contributed by atoms with Gasteiger partial charge in [-0.2, -0.15) is 5.10 Å². The molecule has 1 unspecified atom stereocenters. The summed E-state index contributed by atoms with van der Waals surface area (Å²) in [6.07, 6.45) is 2.57. The third-order valence-electron chi connectivity index (χ3n) is 3.56. The van der Waals surface area contributed by atoms with Gasteiger partial charge < -0.3 is 5.73 Å². The number of benzene rings is 1. The van der Waals surface area contributed by atoms with E-state index in [1.807, 2.05) is 28.9 Å². The van der Waals surface area contributed by atoms with Crippen LogP contribution >= 0.6 is 27.5 Å². The molecule has 1 aromatic heterocycles. The van der Waals surface area contributed by atoms with Crippen LogP contribution in [0.4, 0.5) is 0 Å². The standard InChI is InChI=1S/C16H21BrClN3/c1-3-14-16(17)15(21(4-2)20-14)10-13(19)9-11-5-7-12(18)8-6-11/h5-8,13H,3-4,9-10,19H2,1-2H3. The fourth-order valence-electron chi connectivity index (χ4n) is 2.46. The predicted octanol–water partition coefficient (Wildman–Crippen LogP) is 3.99. The van der Waals surface area contributed by atoms with Gasteiger partial charge in [0.25, 0.3) is 0 Å². The van der Waals surface area contributed by atoms with Gasteiger partial charge in [0.1, 0.15) is 0 Å². The highest BCUT2D eigenvalue weighted by molar-refractivity contribution is 9.10. The molecule has 2 N–H and O–H groups in total. The molecular weight excluding hydrogens is 350 g/mol. The largest absolute Gasteiger partial charge is 0.327 e. The van der Waals surface area contributed by atoms with E-state index in [-0.39, 0.29) is 6.04 Å². The third kappa shape index (κ3) is 4.09. The van der Waals surface area contributed by atoms with Crippen molar-refractivity contribution in [3.05, 3.63) is 50.7 Å². The molecular formula is C16H21BrClN3. The van der Waals surface area contributed by atoms with Gasteiger partial charge >= 0.3 is 0 Å². The van der Waals surface area contributed by atoms with E-state index in [2.05, 4.69) is 34.9 Å². The average molecular weight is 371 g/mol. The fraction of sp³-hybridized carbons (Fsp3) is 0.438. The maximum atomic E-state index is 6.32. The molecule has 0 aliphatic rings. The van der Waals surface area contributed by atoms with Gasteiger partial charge in [0.05, 0.1) is 15.9 Å². The second-order valence-corrected chi connectivity index (χ2v) is 6.40. The lowest BCUT2D eigenvalue weighted by Crippen LogP contribution is -2.27. The van der Waals surface area contributed by atoms with Crippen molar-refractivity contribution in [1.29, 1.82) is 0 Å². The molecule has 1 atom stereocenters. The van der Waals surface area contributed by atoms with Crippen molar-refractivity contribution in [2.24, 2.45) is 5.73 Å². The molecule has 0 aliphatic heterocycles. The minimum Gasteiger partial charge on any atom is -0.327 e. The number of aryl methyl sites for hydroxylation is 2. The topological polar surface area (TPSA) is 43.8 Å². The van der Waals surface area contributed by atoms with Crippen LogP contribution in [0.15, 0.2) is 28.7 Å². The minimum atomic E-state index is 0.0641. The lowest BCUT2D eigenvalue weighted by atomic mass is 10.0. The van der Waals surface area contributed by atoms with E-state index in [1.54, 1.807) is 0 Å². The number of hydrogen-bond donors (Lipinski definition) is 1. The Bertz CT molecular complexity index is 592. The van der Waals surface area contributed by atoms with Crippen LogP contribution in [0.1, 0.15) is 30.8 Å². The molecule has 0 saturated carbocycles. The normalized spacial score (nSPS) is 12.6. The number of halogens is 2. The molecule has 21 heavy (non-hydrogen) atoms. The van der Waals surface area contributed by atoms with E-state index in [9.17, 15) is 0 Å². The number of nitrogens with zero attached hydrogens (tertiary/aromatic N) is 2. The van der Waals surface area contributed by atoms with Gasteiger partial charge in [-0.05, 0) is 53.4 Å². The van der Waals surface area contributed by atoms with Crippen molar-refractivity contribution in [2.75, 3.05) is 0 Å². The maximum Gasteiger partial charge on any atom is 0.0766 e. The monoisotopic (exact) mass is 369 g/mol. The molecule has 0 spiro atoms. The zero-order chi connectivity index (χ0) is 15.4. The Kier molecular flexibility index (Phi) is 5.85. The number of nitrogens with two attached hydrogens (primary N) is 1. The van der Waals surface area contributed by atoms with Gasteiger partial charge in [0, 0.05) is 24.0 Å². The van der Waals surface area contributed by atoms with E-state index in [0.29, 0.717) is 0 Å². The Morgan fingerprint density at radius 2 is 1.90 bits per heavy atom. The first-order valence-electron chi connectivity index (χ1n) is 7.29. The van der Waals surface area contributed by atoms with Crippen LogP contribution in [0.25, 0.3) is 0 Å². The SMILES string of the molecule is CCc1nn(CC)c(CC(N)Cc2ccc(Cl)cc2)c1Br. The van der Waals surface area contributed by atoms with Crippen LogP contribution < -0.4 is 5.73 Å². The predicted molar refractivity (Wildman–Crippen MR) is 91.8 cm³/mol. The number of rotatable bonds is 6. The van der Waals surface area contributed by atoms with E-state index in [0.717, 1.165) is 41.0 Å². The summed E-state index contributed by atoms with van der Waals surface area (Å²) in [5, 5.41) is 5.37. The molecule has 0 radical (unpaired) electrons. The quantitative estimate of drug-likeness (QED) is 0.835. The van der Waals surface area contributed by atoms with Gasteiger partial charge in [-0.3, -0.25) is 4.68 Å². The smallest absolute Gasteiger partial charge is 0.0766 e. The molecule has 114 valence electrons. The second-order valence-electron chi connectivity index (χ2n) is 5.17. The van der Waals surface area contributed by atoms with Crippen LogP contribution in [0.3, 0.4) is 0 Å². The Hall–Kier alpha value is -0.840. The van der Waals surface area contributed by atoms with Crippen molar-refractivity contribution in [3.63, 3.8) is 0 Å². The van der Waals surface area contributed by atoms with E-state index >= 15 is 0 Å². The van der Waals surface area contributed by atoms with E-state index in [4.69, 9.17) is 17.3 Å². The molecule has 2 rings (SSSR count). The molecule has 0 amide bonds. The summed E-state index contributed by atoms with van der Waals surface area (Å²) in [6.45, 7) is 5.08. The zero-order valence-corrected chi connectivity index (χ0v) is 14.8. The molecule has 0 fully saturated rings. The Labute approximate surface area is 139 Å². The summed E-state index contributed by atoms with van der Waals surface area (Å²) in [7, 11) is 0. The summed E-state index contributed by atoms with van der Waals surface area (Å²) >= 11 is 9.58. The van der Waals surface area contributed by atoms with E-state index in [1.165, 1.54) is 11.3 Å². The lowest BCUT2D eigenvalue weighted by Gasteiger charge is -2.13. The van der Waals surface area contributed by atoms with Crippen molar-refractivity contribution >= 4 is 27.5 Å². The summed E-state index contributed by atoms with van der Waals surface area (Å²) in [5.74, 6) is 0. The molecule has 3 nitrogen and oxygen atoms in total. The molecule has 0 saturated heterocycles. The van der Waals surface area contributed by atoms with Crippen molar-refractivity contribution < 1.29 is 0 Å². The Balaban J connectivity index is 2.10. The highest BCUT2D eigenvalue weighted by Crippen LogP contribution is 2.24. The first-order chi connectivity index (χ1) is 10.0. The molecule has 0 bridgehead atoms. The van der Waals surface area contributed by atoms with Crippen molar-refractivity contribution in [1.82, 2.24) is 9.78 Å². The number of aromatic nitrogens is 2. The maximum absolute atomic E-state index is 6.32. The van der Waals surface area contributed by atoms with Crippen LogP contribution in [0.5, 0.6) is 0 Å². The molecule has 1 heterocycles. The average Bonchev–Trinajstić information content (AvgIpc) is 2.77. The van der Waals surface area contributed by atoms with Gasteiger partial charge in [0.15, 0.2) is 0 Å². The first kappa shape index (κ1) is 16.5. The fourth-order valence-corrected chi connectivity index (χ4v) is 3.31. The Morgan fingerprint density at radius 3 is 2.48 bits per heavy atom. The van der Waals surface area contributed by atoms with Crippen molar-refractivity contribution in [2.45, 2.75) is 45.7 Å². The first-order valence-corrected chi connectivity index (χ1v) is 8.46. The second kappa shape index (κ2) is 7.43. The van der Waals surface area contributed by atoms with Gasteiger partial charge in [-0.15, -0.1) is 0 Å². The molecule has 1 aromatic carbocycles. The van der Waals surface area contributed by atoms with Crippen molar-refractivity contribution in [3.8, 4) is 0 Å². The summed E-state index contributed by atoms with van der Waals surface area (Å²) in [5.41, 5.74) is 9.83. The molecule has 2 aromatic rings. The highest BCUT2D eigenvalue weighted by atomic mass is 79.9. The van der Waals surface area contributed by atoms with Gasteiger partial charge in [-0.25, -0.2) is 0 Å². The van der Waals surface area contributed by atoms with Gasteiger partial charge in [-0.1, -0.05) is 30.7 Å². The van der Waals surface area contributed by atoms with Crippen LogP contribution in [-0.4, -0.2) is 15.8 Å². The molecule has 5 heteroatoms. The van der Waals surface area contributed by atoms with Gasteiger partial charge in [0.2, 0.25) is 0 Å². The summed E-state index contributed by atoms with van der Waals surface area (Å²) in [4.78, 5) is 0. The van der Waals surface area contributed by atoms with E-state index < -0.39 is 0 Å². The number of hydrogen-bond acceptors (Lipinski definition) is 2.